The molecule has 112 valence electrons. The summed E-state index contributed by atoms with van der Waals surface area (Å²) in [6.45, 7) is 4.87. The molecule has 1 atom stereocenters. The molecule has 2 rings (SSSR count). The van der Waals surface area contributed by atoms with Crippen LogP contribution < -0.4 is 10.5 Å². The molecular formula is C16H26N2O2. The van der Waals surface area contributed by atoms with E-state index in [-0.39, 0.29) is 0 Å². The Morgan fingerprint density at radius 2 is 2.10 bits per heavy atom. The SMILES string of the molecule is NCc1ccc(OCCCN2CCCC(CO)C2)cc1. The first-order valence-corrected chi connectivity index (χ1v) is 7.57. The van der Waals surface area contributed by atoms with Gasteiger partial charge in [0.25, 0.3) is 0 Å². The minimum atomic E-state index is 0.320. The van der Waals surface area contributed by atoms with Crippen molar-refractivity contribution in [3.05, 3.63) is 29.8 Å². The van der Waals surface area contributed by atoms with Gasteiger partial charge in [-0.25, -0.2) is 0 Å². The molecule has 1 aliphatic rings. The van der Waals surface area contributed by atoms with Crippen LogP contribution in [0.3, 0.4) is 0 Å². The fourth-order valence-electron chi connectivity index (χ4n) is 2.70. The van der Waals surface area contributed by atoms with E-state index in [1.54, 1.807) is 0 Å². The van der Waals surface area contributed by atoms with E-state index in [9.17, 15) is 5.11 Å². The molecule has 1 aromatic carbocycles. The molecule has 3 N–H and O–H groups in total. The number of aliphatic hydroxyl groups excluding tert-OH is 1. The second-order valence-corrected chi connectivity index (χ2v) is 5.54. The molecule has 0 aliphatic carbocycles. The van der Waals surface area contributed by atoms with Crippen molar-refractivity contribution in [3.63, 3.8) is 0 Å². The molecule has 1 fully saturated rings. The van der Waals surface area contributed by atoms with Gasteiger partial charge in [-0.3, -0.25) is 0 Å². The number of hydrogen-bond acceptors (Lipinski definition) is 4. The highest BCUT2D eigenvalue weighted by Gasteiger charge is 2.18. The van der Waals surface area contributed by atoms with Crippen LogP contribution in [0.2, 0.25) is 0 Å². The van der Waals surface area contributed by atoms with E-state index in [1.165, 1.54) is 6.42 Å². The smallest absolute Gasteiger partial charge is 0.119 e. The molecule has 0 radical (unpaired) electrons. The van der Waals surface area contributed by atoms with Gasteiger partial charge in [-0.05, 0) is 49.4 Å². The lowest BCUT2D eigenvalue weighted by atomic mass is 9.99. The number of aliphatic hydroxyl groups is 1. The Hall–Kier alpha value is -1.10. The van der Waals surface area contributed by atoms with E-state index in [1.807, 2.05) is 24.3 Å². The number of likely N-dealkylation sites (tertiary alicyclic amines) is 1. The Labute approximate surface area is 121 Å². The maximum absolute atomic E-state index is 9.21. The summed E-state index contributed by atoms with van der Waals surface area (Å²) in [6, 6.07) is 7.97. The summed E-state index contributed by atoms with van der Waals surface area (Å²) >= 11 is 0. The predicted molar refractivity (Wildman–Crippen MR) is 80.7 cm³/mol. The van der Waals surface area contributed by atoms with Gasteiger partial charge < -0.3 is 20.5 Å². The second-order valence-electron chi connectivity index (χ2n) is 5.54. The van der Waals surface area contributed by atoms with E-state index in [4.69, 9.17) is 10.5 Å². The van der Waals surface area contributed by atoms with Gasteiger partial charge in [0.1, 0.15) is 5.75 Å². The van der Waals surface area contributed by atoms with Crippen molar-refractivity contribution in [2.24, 2.45) is 11.7 Å². The van der Waals surface area contributed by atoms with E-state index in [2.05, 4.69) is 4.90 Å². The van der Waals surface area contributed by atoms with Gasteiger partial charge in [-0.2, -0.15) is 0 Å². The third-order valence-electron chi connectivity index (χ3n) is 3.91. The summed E-state index contributed by atoms with van der Waals surface area (Å²) in [5, 5.41) is 9.21. The van der Waals surface area contributed by atoms with Gasteiger partial charge in [-0.15, -0.1) is 0 Å². The Morgan fingerprint density at radius 3 is 2.80 bits per heavy atom. The summed E-state index contributed by atoms with van der Waals surface area (Å²) in [4.78, 5) is 2.44. The standard InChI is InChI=1S/C16H26N2O2/c17-11-14-4-6-16(7-5-14)20-10-2-9-18-8-1-3-15(12-18)13-19/h4-7,15,19H,1-3,8-13,17H2. The number of benzene rings is 1. The van der Waals surface area contributed by atoms with Crippen LogP contribution in [0.15, 0.2) is 24.3 Å². The number of hydrogen-bond donors (Lipinski definition) is 2. The molecule has 4 heteroatoms. The Morgan fingerprint density at radius 1 is 1.30 bits per heavy atom. The third kappa shape index (κ3) is 4.78. The van der Waals surface area contributed by atoms with Crippen molar-refractivity contribution < 1.29 is 9.84 Å². The van der Waals surface area contributed by atoms with Crippen molar-refractivity contribution in [1.82, 2.24) is 4.90 Å². The molecule has 4 nitrogen and oxygen atoms in total. The van der Waals surface area contributed by atoms with Crippen molar-refractivity contribution in [3.8, 4) is 5.75 Å². The highest BCUT2D eigenvalue weighted by atomic mass is 16.5. The first-order valence-electron chi connectivity index (χ1n) is 7.57. The van der Waals surface area contributed by atoms with Crippen LogP contribution in [-0.2, 0) is 6.54 Å². The number of nitrogens with zero attached hydrogens (tertiary/aromatic N) is 1. The minimum absolute atomic E-state index is 0.320. The Kier molecular flexibility index (Phi) is 6.30. The van der Waals surface area contributed by atoms with Crippen molar-refractivity contribution in [2.45, 2.75) is 25.8 Å². The van der Waals surface area contributed by atoms with E-state index >= 15 is 0 Å². The van der Waals surface area contributed by atoms with Crippen LogP contribution >= 0.6 is 0 Å². The van der Waals surface area contributed by atoms with Crippen LogP contribution in [-0.4, -0.2) is 42.9 Å². The third-order valence-corrected chi connectivity index (χ3v) is 3.91. The van der Waals surface area contributed by atoms with E-state index in [0.29, 0.717) is 19.1 Å². The molecular weight excluding hydrogens is 252 g/mol. The molecule has 0 spiro atoms. The number of nitrogens with two attached hydrogens (primary N) is 1. The maximum Gasteiger partial charge on any atom is 0.119 e. The number of rotatable bonds is 7. The van der Waals surface area contributed by atoms with Gasteiger partial charge in [0.05, 0.1) is 6.61 Å². The molecule has 1 aromatic rings. The lowest BCUT2D eigenvalue weighted by molar-refractivity contribution is 0.115. The molecule has 1 unspecified atom stereocenters. The summed E-state index contributed by atoms with van der Waals surface area (Å²) in [7, 11) is 0. The number of piperidine rings is 1. The van der Waals surface area contributed by atoms with Crippen LogP contribution in [0.4, 0.5) is 0 Å². The molecule has 1 heterocycles. The molecule has 1 saturated heterocycles. The van der Waals surface area contributed by atoms with Crippen LogP contribution in [0.1, 0.15) is 24.8 Å². The zero-order valence-electron chi connectivity index (χ0n) is 12.1. The molecule has 0 saturated carbocycles. The van der Waals surface area contributed by atoms with Gasteiger partial charge in [0.2, 0.25) is 0 Å². The van der Waals surface area contributed by atoms with Gasteiger partial charge in [0.15, 0.2) is 0 Å². The molecule has 0 bridgehead atoms. The summed E-state index contributed by atoms with van der Waals surface area (Å²) in [6.07, 6.45) is 3.39. The average molecular weight is 278 g/mol. The monoisotopic (exact) mass is 278 g/mol. The zero-order valence-corrected chi connectivity index (χ0v) is 12.1. The van der Waals surface area contributed by atoms with E-state index in [0.717, 1.165) is 50.4 Å². The lowest BCUT2D eigenvalue weighted by Crippen LogP contribution is -2.37. The first kappa shape index (κ1) is 15.3. The quantitative estimate of drug-likeness (QED) is 0.744. The highest BCUT2D eigenvalue weighted by molar-refractivity contribution is 5.26. The Balaban J connectivity index is 1.63. The molecule has 20 heavy (non-hydrogen) atoms. The van der Waals surface area contributed by atoms with Crippen LogP contribution in [0.5, 0.6) is 5.75 Å². The minimum Gasteiger partial charge on any atom is -0.494 e. The molecule has 0 amide bonds. The van der Waals surface area contributed by atoms with Crippen molar-refractivity contribution in [2.75, 3.05) is 32.8 Å². The maximum atomic E-state index is 9.21. The second kappa shape index (κ2) is 8.25. The first-order chi connectivity index (χ1) is 9.81. The normalized spacial score (nSPS) is 20.0. The lowest BCUT2D eigenvalue weighted by Gasteiger charge is -2.31. The Bertz CT molecular complexity index is 381. The average Bonchev–Trinajstić information content (AvgIpc) is 2.52. The van der Waals surface area contributed by atoms with Gasteiger partial charge in [-0.1, -0.05) is 12.1 Å². The topological polar surface area (TPSA) is 58.7 Å². The highest BCUT2D eigenvalue weighted by Crippen LogP contribution is 2.16. The fourth-order valence-corrected chi connectivity index (χ4v) is 2.70. The predicted octanol–water partition coefficient (Wildman–Crippen LogP) is 1.62. The van der Waals surface area contributed by atoms with Crippen LogP contribution in [0, 0.1) is 5.92 Å². The fraction of sp³-hybridized carbons (Fsp3) is 0.625. The molecule has 1 aliphatic heterocycles. The number of ether oxygens (including phenoxy) is 1. The van der Waals surface area contributed by atoms with E-state index < -0.39 is 0 Å². The van der Waals surface area contributed by atoms with Crippen molar-refractivity contribution >= 4 is 0 Å². The molecule has 0 aromatic heterocycles. The van der Waals surface area contributed by atoms with Gasteiger partial charge in [0, 0.05) is 26.2 Å². The van der Waals surface area contributed by atoms with Gasteiger partial charge >= 0.3 is 0 Å². The van der Waals surface area contributed by atoms with Crippen LogP contribution in [0.25, 0.3) is 0 Å². The largest absolute Gasteiger partial charge is 0.494 e. The zero-order chi connectivity index (χ0) is 14.2. The van der Waals surface area contributed by atoms with Crippen molar-refractivity contribution in [1.29, 1.82) is 0 Å². The summed E-state index contributed by atoms with van der Waals surface area (Å²) in [5.74, 6) is 1.38. The summed E-state index contributed by atoms with van der Waals surface area (Å²) < 4.78 is 5.73. The summed E-state index contributed by atoms with van der Waals surface area (Å²) in [5.41, 5.74) is 6.69.